The van der Waals surface area contributed by atoms with Gasteiger partial charge in [-0.15, -0.1) is 0 Å². The highest BCUT2D eigenvalue weighted by Crippen LogP contribution is 2.25. The molecular formula is C22H36N6O4S. The lowest BCUT2D eigenvalue weighted by molar-refractivity contribution is -0.139. The molecule has 1 aromatic heterocycles. The number of sulfonamides is 1. The number of rotatable bonds is 5. The van der Waals surface area contributed by atoms with Gasteiger partial charge in [-0.2, -0.15) is 4.31 Å². The molecule has 0 unspecified atom stereocenters. The van der Waals surface area contributed by atoms with Gasteiger partial charge in [0.05, 0.1) is 6.54 Å². The van der Waals surface area contributed by atoms with Crippen molar-refractivity contribution in [3.05, 3.63) is 12.0 Å². The molecule has 0 aliphatic carbocycles. The first-order valence-corrected chi connectivity index (χ1v) is 13.5. The van der Waals surface area contributed by atoms with Crippen LogP contribution in [0, 0.1) is 12.8 Å². The van der Waals surface area contributed by atoms with Crippen molar-refractivity contribution in [2.75, 3.05) is 58.9 Å². The Hall–Kier alpha value is -1.98. The number of hydrogen-bond donors (Lipinski definition) is 0. The van der Waals surface area contributed by atoms with Crippen molar-refractivity contribution < 1.29 is 18.0 Å². The van der Waals surface area contributed by atoms with Gasteiger partial charge in [-0.3, -0.25) is 14.5 Å². The topological polar surface area (TPSA) is 99.1 Å². The second-order valence-corrected chi connectivity index (χ2v) is 11.3. The number of hydrogen-bond acceptors (Lipinski definition) is 6. The van der Waals surface area contributed by atoms with Crippen LogP contribution in [0.4, 0.5) is 0 Å². The van der Waals surface area contributed by atoms with Crippen LogP contribution >= 0.6 is 0 Å². The lowest BCUT2D eigenvalue weighted by Crippen LogP contribution is -2.54. The van der Waals surface area contributed by atoms with Crippen LogP contribution in [0.1, 0.15) is 37.9 Å². The van der Waals surface area contributed by atoms with Gasteiger partial charge in [0.1, 0.15) is 5.82 Å². The maximum atomic E-state index is 13.1. The smallest absolute Gasteiger partial charge is 0.262 e. The normalized spacial score (nSPS) is 22.0. The summed E-state index contributed by atoms with van der Waals surface area (Å²) in [4.78, 5) is 35.7. The SMILES string of the molecule is Cc1nc(S(=O)(=O)N2CCC(C(=O)N3CCN(CC(=O)N4CCCCC4)CC3)CC2)cn1C. The predicted octanol–water partition coefficient (Wildman–Crippen LogP) is 0.286. The lowest BCUT2D eigenvalue weighted by atomic mass is 9.96. The number of aryl methyl sites for hydroxylation is 2. The number of likely N-dealkylation sites (tertiary alicyclic amines) is 1. The Morgan fingerprint density at radius 3 is 2.15 bits per heavy atom. The van der Waals surface area contributed by atoms with Crippen LogP contribution in [0.3, 0.4) is 0 Å². The number of piperazine rings is 1. The van der Waals surface area contributed by atoms with E-state index in [2.05, 4.69) is 9.88 Å². The molecule has 4 rings (SSSR count). The summed E-state index contributed by atoms with van der Waals surface area (Å²) in [5.41, 5.74) is 0. The maximum Gasteiger partial charge on any atom is 0.262 e. The van der Waals surface area contributed by atoms with Crippen LogP contribution in [0.5, 0.6) is 0 Å². The summed E-state index contributed by atoms with van der Waals surface area (Å²) in [7, 11) is -1.86. The van der Waals surface area contributed by atoms with E-state index < -0.39 is 10.0 Å². The molecule has 33 heavy (non-hydrogen) atoms. The van der Waals surface area contributed by atoms with Gasteiger partial charge < -0.3 is 14.4 Å². The Morgan fingerprint density at radius 1 is 0.939 bits per heavy atom. The van der Waals surface area contributed by atoms with E-state index in [0.717, 1.165) is 25.9 Å². The van der Waals surface area contributed by atoms with Crippen LogP contribution in [-0.4, -0.2) is 108 Å². The number of carbonyl (C=O) groups excluding carboxylic acids is 2. The molecule has 3 aliphatic rings. The zero-order valence-electron chi connectivity index (χ0n) is 19.8. The van der Waals surface area contributed by atoms with Crippen LogP contribution in [0.15, 0.2) is 11.2 Å². The molecule has 3 saturated heterocycles. The largest absolute Gasteiger partial charge is 0.342 e. The molecule has 0 N–H and O–H groups in total. The molecular weight excluding hydrogens is 444 g/mol. The zero-order chi connectivity index (χ0) is 23.6. The molecule has 184 valence electrons. The molecule has 0 bridgehead atoms. The van der Waals surface area contributed by atoms with Gasteiger partial charge in [-0.25, -0.2) is 13.4 Å². The van der Waals surface area contributed by atoms with E-state index in [0.29, 0.717) is 64.5 Å². The highest BCUT2D eigenvalue weighted by molar-refractivity contribution is 7.89. The molecule has 0 aromatic carbocycles. The summed E-state index contributed by atoms with van der Waals surface area (Å²) in [6.07, 6.45) is 5.98. The Morgan fingerprint density at radius 2 is 1.58 bits per heavy atom. The molecule has 0 atom stereocenters. The van der Waals surface area contributed by atoms with Crippen LogP contribution in [0.2, 0.25) is 0 Å². The van der Waals surface area contributed by atoms with E-state index in [1.165, 1.54) is 16.9 Å². The standard InChI is InChI=1S/C22H36N6O4S/c1-18-23-20(16-24(18)2)33(31,32)28-10-6-19(7-11-28)22(30)27-14-12-25(13-15-27)17-21(29)26-8-4-3-5-9-26/h16,19H,3-15,17H2,1-2H3. The van der Waals surface area contributed by atoms with Crippen LogP contribution in [0.25, 0.3) is 0 Å². The van der Waals surface area contributed by atoms with Crippen LogP contribution < -0.4 is 0 Å². The minimum atomic E-state index is -3.63. The molecule has 11 heteroatoms. The van der Waals surface area contributed by atoms with Gasteiger partial charge in [-0.1, -0.05) is 0 Å². The molecule has 1 aromatic rings. The average Bonchev–Trinajstić information content (AvgIpc) is 3.18. The molecule has 3 fully saturated rings. The summed E-state index contributed by atoms with van der Waals surface area (Å²) in [5.74, 6) is 0.813. The fraction of sp³-hybridized carbons (Fsp3) is 0.773. The second kappa shape index (κ2) is 10.1. The fourth-order valence-electron chi connectivity index (χ4n) is 4.95. The van der Waals surface area contributed by atoms with Gasteiger partial charge in [-0.05, 0) is 39.0 Å². The number of amides is 2. The number of carbonyl (C=O) groups is 2. The van der Waals surface area contributed by atoms with Crippen molar-refractivity contribution in [3.8, 4) is 0 Å². The predicted molar refractivity (Wildman–Crippen MR) is 123 cm³/mol. The number of piperidine rings is 2. The molecule has 3 aliphatic heterocycles. The third-order valence-corrected chi connectivity index (χ3v) is 9.02. The third kappa shape index (κ3) is 5.41. The van der Waals surface area contributed by atoms with E-state index in [4.69, 9.17) is 0 Å². The van der Waals surface area contributed by atoms with Crippen molar-refractivity contribution in [1.29, 1.82) is 0 Å². The first kappa shape index (κ1) is 24.2. The molecule has 0 radical (unpaired) electrons. The van der Waals surface area contributed by atoms with Gasteiger partial charge in [0.2, 0.25) is 11.8 Å². The van der Waals surface area contributed by atoms with Gasteiger partial charge in [0.25, 0.3) is 10.0 Å². The van der Waals surface area contributed by atoms with Crippen molar-refractivity contribution >= 4 is 21.8 Å². The molecule has 4 heterocycles. The van der Waals surface area contributed by atoms with E-state index in [1.54, 1.807) is 18.5 Å². The highest BCUT2D eigenvalue weighted by Gasteiger charge is 2.36. The number of nitrogens with zero attached hydrogens (tertiary/aromatic N) is 6. The minimum Gasteiger partial charge on any atom is -0.342 e. The summed E-state index contributed by atoms with van der Waals surface area (Å²) < 4.78 is 28.9. The van der Waals surface area contributed by atoms with Gasteiger partial charge in [0, 0.05) is 71.5 Å². The van der Waals surface area contributed by atoms with E-state index in [-0.39, 0.29) is 22.8 Å². The Bertz CT molecular complexity index is 936. The average molecular weight is 481 g/mol. The van der Waals surface area contributed by atoms with E-state index in [1.807, 2.05) is 9.80 Å². The minimum absolute atomic E-state index is 0.0718. The number of aromatic nitrogens is 2. The highest BCUT2D eigenvalue weighted by atomic mass is 32.2. The molecule has 10 nitrogen and oxygen atoms in total. The summed E-state index contributed by atoms with van der Waals surface area (Å²) >= 11 is 0. The van der Waals surface area contributed by atoms with Crippen molar-refractivity contribution in [3.63, 3.8) is 0 Å². The Balaban J connectivity index is 1.23. The first-order valence-electron chi connectivity index (χ1n) is 12.0. The van der Waals surface area contributed by atoms with Crippen molar-refractivity contribution in [2.24, 2.45) is 13.0 Å². The second-order valence-electron chi connectivity index (χ2n) is 9.46. The fourth-order valence-corrected chi connectivity index (χ4v) is 6.44. The molecule has 0 saturated carbocycles. The third-order valence-electron chi connectivity index (χ3n) is 7.25. The van der Waals surface area contributed by atoms with Crippen molar-refractivity contribution in [2.45, 2.75) is 44.1 Å². The van der Waals surface area contributed by atoms with Gasteiger partial charge in [0.15, 0.2) is 5.03 Å². The van der Waals surface area contributed by atoms with E-state index in [9.17, 15) is 18.0 Å². The summed E-state index contributed by atoms with van der Waals surface area (Å²) in [6.45, 7) is 7.26. The monoisotopic (exact) mass is 480 g/mol. The molecule has 2 amide bonds. The Labute approximate surface area is 196 Å². The van der Waals surface area contributed by atoms with Crippen LogP contribution in [-0.2, 0) is 26.7 Å². The van der Waals surface area contributed by atoms with Gasteiger partial charge >= 0.3 is 0 Å². The van der Waals surface area contributed by atoms with E-state index >= 15 is 0 Å². The summed E-state index contributed by atoms with van der Waals surface area (Å²) in [5, 5.41) is 0.0718. The number of imidazole rings is 1. The molecule has 0 spiro atoms. The Kier molecular flexibility index (Phi) is 7.40. The first-order chi connectivity index (χ1) is 15.8. The quantitative estimate of drug-likeness (QED) is 0.601. The summed E-state index contributed by atoms with van der Waals surface area (Å²) in [6, 6.07) is 0. The maximum absolute atomic E-state index is 13.1. The lowest BCUT2D eigenvalue weighted by Gasteiger charge is -2.38. The van der Waals surface area contributed by atoms with Crippen molar-refractivity contribution in [1.82, 2.24) is 28.6 Å². The zero-order valence-corrected chi connectivity index (χ0v) is 20.6.